The third-order valence-corrected chi connectivity index (χ3v) is 8.65. The summed E-state index contributed by atoms with van der Waals surface area (Å²) in [5, 5.41) is 13.5. The highest BCUT2D eigenvalue weighted by atomic mass is 19.1. The molecular formula is C29H38FN7O3. The minimum atomic E-state index is -0.600. The van der Waals surface area contributed by atoms with E-state index >= 15 is 4.39 Å². The molecule has 2 unspecified atom stereocenters. The van der Waals surface area contributed by atoms with Gasteiger partial charge in [0, 0.05) is 31.9 Å². The number of morpholine rings is 1. The van der Waals surface area contributed by atoms with Crippen molar-refractivity contribution in [2.75, 3.05) is 56.2 Å². The second-order valence-electron chi connectivity index (χ2n) is 11.3. The molecule has 2 N–H and O–H groups in total. The van der Waals surface area contributed by atoms with E-state index in [9.17, 15) is 9.90 Å². The molecule has 0 bridgehead atoms. The molecule has 3 aromatic rings. The standard InChI is InChI=1S/C29H38FN7O3/c30-22-17-21(6-7-24(22)36-11-8-20(9-12-36)3-2-10-35-13-15-40-16-14-35)33-29-32-18-23-28(34-29)37(27(39)19-31-23)25-4-1-5-26(25)38/h6-7,17-20,25-26,38H,1-5,8-16H2,(H,32,33,34). The summed E-state index contributed by atoms with van der Waals surface area (Å²) in [4.78, 5) is 30.3. The average molecular weight is 552 g/mol. The summed E-state index contributed by atoms with van der Waals surface area (Å²) in [5.74, 6) is 0.652. The number of ether oxygens (including phenoxy) is 1. The van der Waals surface area contributed by atoms with Crippen LogP contribution in [0.25, 0.3) is 11.2 Å². The van der Waals surface area contributed by atoms with Crippen molar-refractivity contribution in [2.45, 2.75) is 57.1 Å². The Morgan fingerprint density at radius 2 is 1.88 bits per heavy atom. The molecule has 3 aliphatic rings. The van der Waals surface area contributed by atoms with Gasteiger partial charge in [-0.05, 0) is 75.6 Å². The summed E-state index contributed by atoms with van der Waals surface area (Å²) < 4.78 is 22.2. The number of hydrogen-bond donors (Lipinski definition) is 2. The van der Waals surface area contributed by atoms with Crippen molar-refractivity contribution in [2.24, 2.45) is 5.92 Å². The van der Waals surface area contributed by atoms with Gasteiger partial charge in [0.15, 0.2) is 5.65 Å². The predicted molar refractivity (Wildman–Crippen MR) is 152 cm³/mol. The molecule has 214 valence electrons. The Balaban J connectivity index is 1.08. The number of benzene rings is 1. The van der Waals surface area contributed by atoms with Crippen molar-refractivity contribution in [3.8, 4) is 0 Å². The van der Waals surface area contributed by atoms with Crippen LogP contribution >= 0.6 is 0 Å². The molecule has 11 heteroatoms. The van der Waals surface area contributed by atoms with Crippen LogP contribution in [-0.2, 0) is 4.74 Å². The number of hydrogen-bond acceptors (Lipinski definition) is 9. The lowest BCUT2D eigenvalue weighted by molar-refractivity contribution is 0.0365. The third-order valence-electron chi connectivity index (χ3n) is 8.65. The first-order valence-corrected chi connectivity index (χ1v) is 14.6. The molecule has 0 radical (unpaired) electrons. The maximum atomic E-state index is 15.2. The van der Waals surface area contributed by atoms with E-state index < -0.39 is 6.10 Å². The minimum Gasteiger partial charge on any atom is -0.391 e. The van der Waals surface area contributed by atoms with Gasteiger partial charge >= 0.3 is 0 Å². The van der Waals surface area contributed by atoms with E-state index in [1.807, 2.05) is 12.1 Å². The van der Waals surface area contributed by atoms with Gasteiger partial charge in [-0.1, -0.05) is 0 Å². The zero-order valence-corrected chi connectivity index (χ0v) is 22.8. The van der Waals surface area contributed by atoms with Crippen LogP contribution in [0.15, 0.2) is 35.4 Å². The van der Waals surface area contributed by atoms with Crippen molar-refractivity contribution in [1.29, 1.82) is 0 Å². The molecule has 6 rings (SSSR count). The monoisotopic (exact) mass is 551 g/mol. The van der Waals surface area contributed by atoms with Gasteiger partial charge in [-0.25, -0.2) is 14.4 Å². The first-order chi connectivity index (χ1) is 19.5. The molecule has 2 aromatic heterocycles. The Hall–Kier alpha value is -3.15. The van der Waals surface area contributed by atoms with Gasteiger partial charge in [0.1, 0.15) is 11.3 Å². The Morgan fingerprint density at radius 1 is 1.05 bits per heavy atom. The lowest BCUT2D eigenvalue weighted by atomic mass is 9.91. The summed E-state index contributed by atoms with van der Waals surface area (Å²) in [6, 6.07) is 4.77. The van der Waals surface area contributed by atoms with Gasteiger partial charge in [0.2, 0.25) is 5.95 Å². The molecule has 0 spiro atoms. The van der Waals surface area contributed by atoms with Crippen LogP contribution in [0.5, 0.6) is 0 Å². The van der Waals surface area contributed by atoms with E-state index in [-0.39, 0.29) is 23.4 Å². The Kier molecular flexibility index (Phi) is 8.22. The number of nitrogens with zero attached hydrogens (tertiary/aromatic N) is 6. The molecule has 3 fully saturated rings. The summed E-state index contributed by atoms with van der Waals surface area (Å²) in [7, 11) is 0. The fraction of sp³-hybridized carbons (Fsp3) is 0.586. The predicted octanol–water partition coefficient (Wildman–Crippen LogP) is 3.48. The summed E-state index contributed by atoms with van der Waals surface area (Å²) >= 11 is 0. The van der Waals surface area contributed by atoms with Crippen LogP contribution in [0, 0.1) is 11.7 Å². The largest absolute Gasteiger partial charge is 0.391 e. The maximum absolute atomic E-state index is 15.2. The number of nitrogens with one attached hydrogen (secondary N) is 1. The number of halogens is 1. The van der Waals surface area contributed by atoms with Gasteiger partial charge in [0.05, 0.1) is 43.4 Å². The van der Waals surface area contributed by atoms with Crippen LogP contribution in [0.1, 0.15) is 51.0 Å². The number of rotatable bonds is 8. The molecule has 2 saturated heterocycles. The normalized spacial score (nSPS) is 22.7. The van der Waals surface area contributed by atoms with Gasteiger partial charge in [-0.3, -0.25) is 14.3 Å². The number of fused-ring (bicyclic) bond motifs is 1. The van der Waals surface area contributed by atoms with Gasteiger partial charge in [-0.2, -0.15) is 4.98 Å². The van der Waals surface area contributed by atoms with Gasteiger partial charge < -0.3 is 20.1 Å². The second kappa shape index (κ2) is 12.2. The number of aromatic nitrogens is 4. The van der Waals surface area contributed by atoms with E-state index in [1.54, 1.807) is 0 Å². The first-order valence-electron chi connectivity index (χ1n) is 14.6. The van der Waals surface area contributed by atoms with E-state index in [4.69, 9.17) is 4.74 Å². The minimum absolute atomic E-state index is 0.242. The van der Waals surface area contributed by atoms with E-state index in [2.05, 4.69) is 30.1 Å². The van der Waals surface area contributed by atoms with Crippen LogP contribution in [0.3, 0.4) is 0 Å². The Morgan fingerprint density at radius 3 is 2.62 bits per heavy atom. The quantitative estimate of drug-likeness (QED) is 0.435. The first kappa shape index (κ1) is 27.0. The number of aliphatic hydroxyl groups is 1. The molecule has 1 aliphatic carbocycles. The lowest BCUT2D eigenvalue weighted by Gasteiger charge is -2.34. The zero-order chi connectivity index (χ0) is 27.5. The lowest BCUT2D eigenvalue weighted by Crippen LogP contribution is -2.37. The molecule has 1 aromatic carbocycles. The summed E-state index contributed by atoms with van der Waals surface area (Å²) in [6.07, 6.45) is 8.98. The molecule has 0 amide bonds. The molecule has 4 heterocycles. The number of anilines is 3. The fourth-order valence-corrected chi connectivity index (χ4v) is 6.39. The Labute approximate surface area is 233 Å². The highest BCUT2D eigenvalue weighted by molar-refractivity contribution is 5.71. The molecule has 2 atom stereocenters. The number of piperidine rings is 1. The van der Waals surface area contributed by atoms with E-state index in [0.29, 0.717) is 41.3 Å². The van der Waals surface area contributed by atoms with Crippen molar-refractivity contribution in [3.05, 3.63) is 46.8 Å². The highest BCUT2D eigenvalue weighted by Crippen LogP contribution is 2.32. The molecule has 2 aliphatic heterocycles. The molecule has 10 nitrogen and oxygen atoms in total. The molecule has 40 heavy (non-hydrogen) atoms. The highest BCUT2D eigenvalue weighted by Gasteiger charge is 2.29. The third kappa shape index (κ3) is 5.96. The smallest absolute Gasteiger partial charge is 0.271 e. The number of aliphatic hydroxyl groups excluding tert-OH is 1. The Bertz CT molecular complexity index is 1370. The van der Waals surface area contributed by atoms with E-state index in [1.165, 1.54) is 35.9 Å². The van der Waals surface area contributed by atoms with Crippen LogP contribution in [-0.4, -0.2) is 81.6 Å². The van der Waals surface area contributed by atoms with Crippen molar-refractivity contribution < 1.29 is 14.2 Å². The van der Waals surface area contributed by atoms with Crippen LogP contribution in [0.2, 0.25) is 0 Å². The van der Waals surface area contributed by atoms with Crippen LogP contribution < -0.4 is 15.8 Å². The molecule has 1 saturated carbocycles. The van der Waals surface area contributed by atoms with Crippen molar-refractivity contribution >= 4 is 28.5 Å². The average Bonchev–Trinajstić information content (AvgIpc) is 3.39. The van der Waals surface area contributed by atoms with Gasteiger partial charge in [0.25, 0.3) is 5.56 Å². The molecular weight excluding hydrogens is 513 g/mol. The summed E-state index contributed by atoms with van der Waals surface area (Å²) in [5.41, 5.74) is 1.66. The SMILES string of the molecule is O=c1cnc2cnc(Nc3ccc(N4CCC(CCCN5CCOCC5)CC4)c(F)c3)nc2n1C1CCCC1O. The van der Waals surface area contributed by atoms with Crippen molar-refractivity contribution in [1.82, 2.24) is 24.4 Å². The zero-order valence-electron chi connectivity index (χ0n) is 22.8. The topological polar surface area (TPSA) is 109 Å². The second-order valence-corrected chi connectivity index (χ2v) is 11.3. The van der Waals surface area contributed by atoms with Crippen molar-refractivity contribution in [3.63, 3.8) is 0 Å². The maximum Gasteiger partial charge on any atom is 0.271 e. The summed E-state index contributed by atoms with van der Waals surface area (Å²) in [6.45, 7) is 6.63. The van der Waals surface area contributed by atoms with E-state index in [0.717, 1.165) is 65.2 Å². The van der Waals surface area contributed by atoms with Crippen LogP contribution in [0.4, 0.5) is 21.7 Å². The van der Waals surface area contributed by atoms with Gasteiger partial charge in [-0.15, -0.1) is 0 Å². The fourth-order valence-electron chi connectivity index (χ4n) is 6.39.